The molecule has 116 valence electrons. The first-order valence-electron chi connectivity index (χ1n) is 7.08. The molecule has 2 aromatic rings. The highest BCUT2D eigenvalue weighted by Gasteiger charge is 2.21. The average Bonchev–Trinajstić information content (AvgIpc) is 2.52. The fourth-order valence-corrected chi connectivity index (χ4v) is 2.72. The Morgan fingerprint density at radius 3 is 1.32 bits per heavy atom. The van der Waals surface area contributed by atoms with Crippen LogP contribution in [0.3, 0.4) is 0 Å². The predicted molar refractivity (Wildman–Crippen MR) is 84.0 cm³/mol. The van der Waals surface area contributed by atoms with E-state index in [-0.39, 0.29) is 23.0 Å². The topological polar surface area (TPSA) is 87.4 Å². The maximum absolute atomic E-state index is 9.91. The van der Waals surface area contributed by atoms with Crippen molar-refractivity contribution in [3.05, 3.63) is 36.4 Å². The number of rotatable bonds is 2. The highest BCUT2D eigenvalue weighted by Crippen LogP contribution is 2.34. The van der Waals surface area contributed by atoms with Gasteiger partial charge in [0.25, 0.3) is 0 Å². The summed E-state index contributed by atoms with van der Waals surface area (Å²) in [6.45, 7) is 2.52. The van der Waals surface area contributed by atoms with Crippen molar-refractivity contribution in [1.29, 1.82) is 0 Å². The van der Waals surface area contributed by atoms with Crippen LogP contribution in [0, 0.1) is 0 Å². The molecule has 0 aromatic heterocycles. The molecule has 1 saturated heterocycles. The fourth-order valence-electron chi connectivity index (χ4n) is 2.72. The molecule has 1 fully saturated rings. The van der Waals surface area contributed by atoms with Gasteiger partial charge in [-0.15, -0.1) is 0 Å². The lowest BCUT2D eigenvalue weighted by molar-refractivity contribution is 0.454. The predicted octanol–water partition coefficient (Wildman–Crippen LogP) is 1.84. The van der Waals surface area contributed by atoms with Crippen molar-refractivity contribution in [1.82, 2.24) is 0 Å². The minimum Gasteiger partial charge on any atom is -0.508 e. The summed E-state index contributed by atoms with van der Waals surface area (Å²) >= 11 is 0. The summed E-state index contributed by atoms with van der Waals surface area (Å²) < 4.78 is 0. The third kappa shape index (κ3) is 2.67. The van der Waals surface area contributed by atoms with Gasteiger partial charge in [-0.3, -0.25) is 0 Å². The molecule has 0 atom stereocenters. The molecule has 3 rings (SSSR count). The van der Waals surface area contributed by atoms with Crippen molar-refractivity contribution in [2.24, 2.45) is 0 Å². The molecule has 1 aliphatic heterocycles. The summed E-state index contributed by atoms with van der Waals surface area (Å²) in [5, 5.41) is 38.9. The molecule has 0 saturated carbocycles. The summed E-state index contributed by atoms with van der Waals surface area (Å²) in [5.41, 5.74) is 1.19. The van der Waals surface area contributed by atoms with Gasteiger partial charge in [0.1, 0.15) is 23.0 Å². The zero-order valence-electron chi connectivity index (χ0n) is 12.0. The van der Waals surface area contributed by atoms with Gasteiger partial charge in [0, 0.05) is 38.3 Å². The average molecular weight is 302 g/mol. The lowest BCUT2D eigenvalue weighted by Crippen LogP contribution is -2.46. The molecule has 22 heavy (non-hydrogen) atoms. The van der Waals surface area contributed by atoms with Crippen molar-refractivity contribution in [2.75, 3.05) is 36.0 Å². The Morgan fingerprint density at radius 2 is 0.955 bits per heavy atom. The number of piperazine rings is 1. The lowest BCUT2D eigenvalue weighted by atomic mass is 10.2. The first-order valence-corrected chi connectivity index (χ1v) is 7.08. The van der Waals surface area contributed by atoms with E-state index in [2.05, 4.69) is 0 Å². The Hall–Kier alpha value is -2.76. The normalized spacial score (nSPS) is 15.1. The Morgan fingerprint density at radius 1 is 0.591 bits per heavy atom. The Labute approximate surface area is 128 Å². The maximum atomic E-state index is 9.91. The number of nitrogens with zero attached hydrogens (tertiary/aromatic N) is 2. The minimum absolute atomic E-state index is 0.112. The SMILES string of the molecule is Oc1ccc(O)c(N2CCN(c3cc(O)ccc3O)CC2)c1. The second-order valence-electron chi connectivity index (χ2n) is 5.32. The largest absolute Gasteiger partial charge is 0.508 e. The van der Waals surface area contributed by atoms with Crippen LogP contribution in [0.25, 0.3) is 0 Å². The molecule has 0 aliphatic carbocycles. The van der Waals surface area contributed by atoms with Crippen LogP contribution in [-0.4, -0.2) is 46.6 Å². The van der Waals surface area contributed by atoms with E-state index in [1.54, 1.807) is 0 Å². The monoisotopic (exact) mass is 302 g/mol. The molecule has 0 unspecified atom stereocenters. The van der Waals surface area contributed by atoms with Crippen LogP contribution in [0.5, 0.6) is 23.0 Å². The van der Waals surface area contributed by atoms with E-state index in [0.717, 1.165) is 0 Å². The Bertz CT molecular complexity index is 622. The zero-order valence-corrected chi connectivity index (χ0v) is 12.0. The molecule has 4 N–H and O–H groups in total. The van der Waals surface area contributed by atoms with Crippen LogP contribution < -0.4 is 9.80 Å². The molecule has 2 aromatic carbocycles. The van der Waals surface area contributed by atoms with Crippen molar-refractivity contribution in [2.45, 2.75) is 0 Å². The molecule has 1 aliphatic rings. The Balaban J connectivity index is 1.75. The van der Waals surface area contributed by atoms with E-state index >= 15 is 0 Å². The van der Waals surface area contributed by atoms with E-state index in [9.17, 15) is 20.4 Å². The van der Waals surface area contributed by atoms with E-state index in [0.29, 0.717) is 37.6 Å². The molecular weight excluding hydrogens is 284 g/mol. The number of aromatic hydroxyl groups is 4. The first kappa shape index (κ1) is 14.2. The van der Waals surface area contributed by atoms with Gasteiger partial charge in [0.05, 0.1) is 11.4 Å². The number of hydrogen-bond donors (Lipinski definition) is 4. The summed E-state index contributed by atoms with van der Waals surface area (Å²) in [7, 11) is 0. The third-order valence-corrected chi connectivity index (χ3v) is 3.88. The third-order valence-electron chi connectivity index (χ3n) is 3.88. The van der Waals surface area contributed by atoms with Crippen molar-refractivity contribution < 1.29 is 20.4 Å². The second-order valence-corrected chi connectivity index (χ2v) is 5.32. The van der Waals surface area contributed by atoms with Crippen LogP contribution in [0.1, 0.15) is 0 Å². The van der Waals surface area contributed by atoms with Crippen LogP contribution in [0.15, 0.2) is 36.4 Å². The standard InChI is InChI=1S/C16H18N2O4/c19-11-1-3-15(21)13(9-11)17-5-7-18(8-6-17)14-10-12(20)2-4-16(14)22/h1-4,9-10,19-22H,5-8H2. The molecule has 1 heterocycles. The van der Waals surface area contributed by atoms with E-state index in [1.807, 2.05) is 9.80 Å². The van der Waals surface area contributed by atoms with Gasteiger partial charge in [-0.25, -0.2) is 0 Å². The highest BCUT2D eigenvalue weighted by molar-refractivity contribution is 5.64. The zero-order chi connectivity index (χ0) is 15.7. The van der Waals surface area contributed by atoms with Crippen LogP contribution in [-0.2, 0) is 0 Å². The fraction of sp³-hybridized carbons (Fsp3) is 0.250. The number of hydrogen-bond acceptors (Lipinski definition) is 6. The van der Waals surface area contributed by atoms with Gasteiger partial charge in [-0.2, -0.15) is 0 Å². The smallest absolute Gasteiger partial charge is 0.139 e. The summed E-state index contributed by atoms with van der Waals surface area (Å²) in [4.78, 5) is 3.96. The summed E-state index contributed by atoms with van der Waals surface area (Å²) in [6.07, 6.45) is 0. The van der Waals surface area contributed by atoms with Crippen molar-refractivity contribution in [3.8, 4) is 23.0 Å². The van der Waals surface area contributed by atoms with Crippen LogP contribution >= 0.6 is 0 Å². The second kappa shape index (κ2) is 5.55. The van der Waals surface area contributed by atoms with E-state index in [1.165, 1.54) is 36.4 Å². The number of phenolic OH excluding ortho intramolecular Hbond substituents is 4. The van der Waals surface area contributed by atoms with Gasteiger partial charge in [-0.1, -0.05) is 0 Å². The summed E-state index contributed by atoms with van der Waals surface area (Å²) in [5.74, 6) is 0.486. The van der Waals surface area contributed by atoms with Crippen molar-refractivity contribution >= 4 is 11.4 Å². The van der Waals surface area contributed by atoms with Gasteiger partial charge >= 0.3 is 0 Å². The molecule has 0 spiro atoms. The number of phenols is 4. The Kier molecular flexibility index (Phi) is 3.58. The van der Waals surface area contributed by atoms with E-state index < -0.39 is 0 Å². The lowest BCUT2D eigenvalue weighted by Gasteiger charge is -2.37. The van der Waals surface area contributed by atoms with Crippen LogP contribution in [0.4, 0.5) is 11.4 Å². The molecule has 6 heteroatoms. The molecule has 0 radical (unpaired) electrons. The first-order chi connectivity index (χ1) is 10.5. The summed E-state index contributed by atoms with van der Waals surface area (Å²) in [6, 6.07) is 8.91. The molecule has 0 amide bonds. The minimum atomic E-state index is 0.112. The highest BCUT2D eigenvalue weighted by atomic mass is 16.3. The molecule has 6 nitrogen and oxygen atoms in total. The van der Waals surface area contributed by atoms with Crippen molar-refractivity contribution in [3.63, 3.8) is 0 Å². The number of benzene rings is 2. The van der Waals surface area contributed by atoms with Crippen LogP contribution in [0.2, 0.25) is 0 Å². The number of anilines is 2. The molecular formula is C16H18N2O4. The quantitative estimate of drug-likeness (QED) is 0.633. The van der Waals surface area contributed by atoms with Gasteiger partial charge in [0.15, 0.2) is 0 Å². The maximum Gasteiger partial charge on any atom is 0.139 e. The van der Waals surface area contributed by atoms with Gasteiger partial charge in [0.2, 0.25) is 0 Å². The molecule has 0 bridgehead atoms. The van der Waals surface area contributed by atoms with E-state index in [4.69, 9.17) is 0 Å². The van der Waals surface area contributed by atoms with Gasteiger partial charge in [-0.05, 0) is 24.3 Å². The van der Waals surface area contributed by atoms with Gasteiger partial charge < -0.3 is 30.2 Å².